The van der Waals surface area contributed by atoms with Crippen LogP contribution < -0.4 is 5.73 Å². The van der Waals surface area contributed by atoms with Crippen LogP contribution in [0.3, 0.4) is 0 Å². The predicted molar refractivity (Wildman–Crippen MR) is 60.9 cm³/mol. The number of hydrogen-bond donors (Lipinski definition) is 2. The minimum Gasteiger partial charge on any atom is -0.393 e. The van der Waals surface area contributed by atoms with Crippen LogP contribution in [0.1, 0.15) is 39.5 Å². The first-order chi connectivity index (χ1) is 7.47. The van der Waals surface area contributed by atoms with Gasteiger partial charge in [0.2, 0.25) is 0 Å². The maximum atomic E-state index is 9.57. The third-order valence-corrected chi connectivity index (χ3v) is 4.05. The Bertz CT molecular complexity index is 247. The molecule has 0 spiro atoms. The van der Waals surface area contributed by atoms with Gasteiger partial charge in [-0.3, -0.25) is 0 Å². The zero-order chi connectivity index (χ0) is 11.8. The number of ether oxygens (including phenoxy) is 2. The molecule has 3 N–H and O–H groups in total. The summed E-state index contributed by atoms with van der Waals surface area (Å²) < 4.78 is 11.6. The molecule has 2 rings (SSSR count). The third kappa shape index (κ3) is 2.25. The van der Waals surface area contributed by atoms with E-state index in [4.69, 9.17) is 15.2 Å². The molecule has 1 aliphatic carbocycles. The van der Waals surface area contributed by atoms with Crippen molar-refractivity contribution in [1.29, 1.82) is 0 Å². The Morgan fingerprint density at radius 1 is 1.31 bits per heavy atom. The molecule has 1 saturated carbocycles. The van der Waals surface area contributed by atoms with Crippen LogP contribution in [-0.2, 0) is 9.47 Å². The first kappa shape index (κ1) is 12.3. The van der Waals surface area contributed by atoms with E-state index in [-0.39, 0.29) is 17.6 Å². The normalized spacial score (nSPS) is 43.5. The van der Waals surface area contributed by atoms with Crippen molar-refractivity contribution in [3.8, 4) is 0 Å². The molecule has 94 valence electrons. The second-order valence-electron chi connectivity index (χ2n) is 5.61. The summed E-state index contributed by atoms with van der Waals surface area (Å²) >= 11 is 0. The number of nitrogens with two attached hydrogens (primary N) is 1. The van der Waals surface area contributed by atoms with E-state index in [1.165, 1.54) is 0 Å². The number of hydrogen-bond acceptors (Lipinski definition) is 4. The van der Waals surface area contributed by atoms with Gasteiger partial charge in [0.05, 0.1) is 18.8 Å². The topological polar surface area (TPSA) is 64.7 Å². The summed E-state index contributed by atoms with van der Waals surface area (Å²) in [6.45, 7) is 5.12. The zero-order valence-electron chi connectivity index (χ0n) is 10.2. The summed E-state index contributed by atoms with van der Waals surface area (Å²) in [5.74, 6) is -0.483. The average Bonchev–Trinajstić information content (AvgIpc) is 2.61. The second kappa shape index (κ2) is 4.26. The number of rotatable bonds is 2. The molecule has 4 nitrogen and oxygen atoms in total. The van der Waals surface area contributed by atoms with Gasteiger partial charge in [-0.15, -0.1) is 0 Å². The van der Waals surface area contributed by atoms with Crippen LogP contribution in [-0.4, -0.2) is 36.3 Å². The summed E-state index contributed by atoms with van der Waals surface area (Å²) in [7, 11) is 0. The molecule has 0 amide bonds. The van der Waals surface area contributed by atoms with Gasteiger partial charge in [-0.2, -0.15) is 0 Å². The maximum absolute atomic E-state index is 9.57. The van der Waals surface area contributed by atoms with Crippen molar-refractivity contribution in [3.05, 3.63) is 0 Å². The third-order valence-electron chi connectivity index (χ3n) is 4.05. The van der Waals surface area contributed by atoms with Crippen LogP contribution in [0.25, 0.3) is 0 Å². The van der Waals surface area contributed by atoms with Crippen molar-refractivity contribution >= 4 is 0 Å². The van der Waals surface area contributed by atoms with Crippen molar-refractivity contribution in [2.75, 3.05) is 13.2 Å². The van der Waals surface area contributed by atoms with Gasteiger partial charge in [0, 0.05) is 12.0 Å². The van der Waals surface area contributed by atoms with Gasteiger partial charge in [-0.25, -0.2) is 0 Å². The smallest absolute Gasteiger partial charge is 0.163 e. The summed E-state index contributed by atoms with van der Waals surface area (Å²) in [6, 6.07) is 0. The lowest BCUT2D eigenvalue weighted by Gasteiger charge is -2.41. The molecule has 4 heteroatoms. The molecule has 16 heavy (non-hydrogen) atoms. The van der Waals surface area contributed by atoms with E-state index in [0.717, 1.165) is 25.7 Å². The number of aliphatic hydroxyl groups is 1. The highest BCUT2D eigenvalue weighted by atomic mass is 16.7. The highest BCUT2D eigenvalue weighted by molar-refractivity contribution is 4.95. The Labute approximate surface area is 97.1 Å². The fraction of sp³-hybridized carbons (Fsp3) is 1.00. The first-order valence-corrected chi connectivity index (χ1v) is 6.17. The second-order valence-corrected chi connectivity index (χ2v) is 5.61. The van der Waals surface area contributed by atoms with E-state index < -0.39 is 5.79 Å². The van der Waals surface area contributed by atoms with Gasteiger partial charge < -0.3 is 20.3 Å². The Morgan fingerprint density at radius 2 is 1.94 bits per heavy atom. The van der Waals surface area contributed by atoms with Crippen LogP contribution in [0.5, 0.6) is 0 Å². The van der Waals surface area contributed by atoms with Crippen LogP contribution in [0, 0.1) is 5.41 Å². The average molecular weight is 229 g/mol. The van der Waals surface area contributed by atoms with Gasteiger partial charge in [0.15, 0.2) is 5.79 Å². The Morgan fingerprint density at radius 3 is 2.38 bits per heavy atom. The SMILES string of the molecule is CC1(C)OCC(C2(CN)CCC(O)CC2)O1. The van der Waals surface area contributed by atoms with Gasteiger partial charge in [-0.05, 0) is 39.5 Å². The molecule has 2 fully saturated rings. The highest BCUT2D eigenvalue weighted by Gasteiger charge is 2.47. The summed E-state index contributed by atoms with van der Waals surface area (Å²) in [4.78, 5) is 0. The molecule has 2 aliphatic rings. The molecule has 0 aromatic rings. The lowest BCUT2D eigenvalue weighted by atomic mass is 9.69. The summed E-state index contributed by atoms with van der Waals surface area (Å²) in [5.41, 5.74) is 5.94. The molecule has 0 aromatic carbocycles. The Balaban J connectivity index is 2.05. The molecular weight excluding hydrogens is 206 g/mol. The molecule has 1 aliphatic heterocycles. The molecular formula is C12H23NO3. The molecule has 0 bridgehead atoms. The van der Waals surface area contributed by atoms with E-state index in [9.17, 15) is 5.11 Å². The van der Waals surface area contributed by atoms with Crippen molar-refractivity contribution < 1.29 is 14.6 Å². The van der Waals surface area contributed by atoms with Crippen LogP contribution in [0.2, 0.25) is 0 Å². The number of aliphatic hydroxyl groups excluding tert-OH is 1. The van der Waals surface area contributed by atoms with Crippen LogP contribution in [0.4, 0.5) is 0 Å². The monoisotopic (exact) mass is 229 g/mol. The van der Waals surface area contributed by atoms with E-state index in [0.29, 0.717) is 13.2 Å². The van der Waals surface area contributed by atoms with Crippen molar-refractivity contribution in [3.63, 3.8) is 0 Å². The van der Waals surface area contributed by atoms with Gasteiger partial charge in [0.1, 0.15) is 0 Å². The zero-order valence-corrected chi connectivity index (χ0v) is 10.2. The minimum atomic E-state index is -0.483. The fourth-order valence-electron chi connectivity index (χ4n) is 2.82. The van der Waals surface area contributed by atoms with Gasteiger partial charge in [-0.1, -0.05) is 0 Å². The molecule has 0 radical (unpaired) electrons. The van der Waals surface area contributed by atoms with E-state index in [2.05, 4.69) is 0 Å². The summed E-state index contributed by atoms with van der Waals surface area (Å²) in [5, 5.41) is 9.57. The van der Waals surface area contributed by atoms with E-state index >= 15 is 0 Å². The van der Waals surface area contributed by atoms with Crippen molar-refractivity contribution in [1.82, 2.24) is 0 Å². The lowest BCUT2D eigenvalue weighted by molar-refractivity contribution is -0.158. The molecule has 1 atom stereocenters. The maximum Gasteiger partial charge on any atom is 0.163 e. The Kier molecular flexibility index (Phi) is 3.27. The molecule has 1 unspecified atom stereocenters. The standard InChI is InChI=1S/C12H23NO3/c1-11(2)15-7-10(16-11)12(8-13)5-3-9(14)4-6-12/h9-10,14H,3-8,13H2,1-2H3. The van der Waals surface area contributed by atoms with Crippen molar-refractivity contribution in [2.45, 2.75) is 57.5 Å². The van der Waals surface area contributed by atoms with Crippen molar-refractivity contribution in [2.24, 2.45) is 11.1 Å². The van der Waals surface area contributed by atoms with E-state index in [1.807, 2.05) is 13.8 Å². The summed E-state index contributed by atoms with van der Waals surface area (Å²) in [6.07, 6.45) is 3.47. The largest absolute Gasteiger partial charge is 0.393 e. The van der Waals surface area contributed by atoms with E-state index in [1.54, 1.807) is 0 Å². The quantitative estimate of drug-likeness (QED) is 0.742. The first-order valence-electron chi connectivity index (χ1n) is 6.17. The van der Waals surface area contributed by atoms with Crippen LogP contribution in [0.15, 0.2) is 0 Å². The Hall–Kier alpha value is -0.160. The van der Waals surface area contributed by atoms with Crippen LogP contribution >= 0.6 is 0 Å². The lowest BCUT2D eigenvalue weighted by Crippen LogP contribution is -2.47. The molecule has 0 aromatic heterocycles. The minimum absolute atomic E-state index is 0.00694. The highest BCUT2D eigenvalue weighted by Crippen LogP contribution is 2.43. The van der Waals surface area contributed by atoms with Gasteiger partial charge in [0.25, 0.3) is 0 Å². The molecule has 1 heterocycles. The fourth-order valence-corrected chi connectivity index (χ4v) is 2.82. The molecule has 1 saturated heterocycles. The predicted octanol–water partition coefficient (Wildman–Crippen LogP) is 1.02. The van der Waals surface area contributed by atoms with Gasteiger partial charge >= 0.3 is 0 Å².